The van der Waals surface area contributed by atoms with Crippen LogP contribution in [0.25, 0.3) is 16.8 Å². The molecule has 1 aromatic carbocycles. The minimum atomic E-state index is -0.287. The minimum absolute atomic E-state index is 0.0547. The first-order valence-electron chi connectivity index (χ1n) is 10.3. The summed E-state index contributed by atoms with van der Waals surface area (Å²) >= 11 is 5.94. The maximum Gasteiger partial charge on any atom is 0.309 e. The number of benzene rings is 1. The van der Waals surface area contributed by atoms with Gasteiger partial charge in [-0.1, -0.05) is 23.7 Å². The molecule has 1 saturated heterocycles. The summed E-state index contributed by atoms with van der Waals surface area (Å²) in [6.07, 6.45) is 4.38. The number of fused-ring (bicyclic) bond motifs is 1. The zero-order chi connectivity index (χ0) is 22.0. The molecular formula is C22H23ClN4O4. The molecule has 1 amide bonds. The summed E-state index contributed by atoms with van der Waals surface area (Å²) in [7, 11) is 0. The van der Waals surface area contributed by atoms with Gasteiger partial charge in [-0.2, -0.15) is 5.10 Å². The topological polar surface area (TPSA) is 85.9 Å². The van der Waals surface area contributed by atoms with Gasteiger partial charge in [0.15, 0.2) is 0 Å². The van der Waals surface area contributed by atoms with Gasteiger partial charge < -0.3 is 14.2 Å². The van der Waals surface area contributed by atoms with Gasteiger partial charge in [0.2, 0.25) is 5.91 Å². The molecule has 0 bridgehead atoms. The van der Waals surface area contributed by atoms with E-state index < -0.39 is 0 Å². The predicted octanol–water partition coefficient (Wildman–Crippen LogP) is 2.62. The highest BCUT2D eigenvalue weighted by atomic mass is 35.5. The maximum absolute atomic E-state index is 12.9. The Balaban J connectivity index is 1.47. The number of carbonyl (C=O) groups is 2. The number of ether oxygens (including phenoxy) is 1. The SMILES string of the molecule is CCOC(=O)C1CCN(C(=O)Cn2ccn3nc(-c4ccc(Cl)cc4)cc3c2=O)CC1. The molecule has 0 spiro atoms. The number of esters is 1. The van der Waals surface area contributed by atoms with E-state index in [1.807, 2.05) is 12.1 Å². The first-order valence-corrected chi connectivity index (χ1v) is 10.6. The first kappa shape index (κ1) is 21.1. The van der Waals surface area contributed by atoms with Gasteiger partial charge in [-0.15, -0.1) is 0 Å². The molecule has 1 aliphatic rings. The normalized spacial score (nSPS) is 14.7. The van der Waals surface area contributed by atoms with Gasteiger partial charge in [0.25, 0.3) is 5.56 Å². The molecule has 3 heterocycles. The molecule has 1 fully saturated rings. The van der Waals surface area contributed by atoms with Gasteiger partial charge in [-0.3, -0.25) is 14.4 Å². The molecule has 0 unspecified atom stereocenters. The van der Waals surface area contributed by atoms with Crippen LogP contribution in [0.15, 0.2) is 47.5 Å². The van der Waals surface area contributed by atoms with Crippen LogP contribution in [0.3, 0.4) is 0 Å². The number of carbonyl (C=O) groups excluding carboxylic acids is 2. The quantitative estimate of drug-likeness (QED) is 0.567. The second-order valence-corrected chi connectivity index (χ2v) is 7.94. The van der Waals surface area contributed by atoms with Gasteiger partial charge in [-0.25, -0.2) is 4.52 Å². The number of piperidine rings is 1. The van der Waals surface area contributed by atoms with Gasteiger partial charge in [0, 0.05) is 36.1 Å². The van der Waals surface area contributed by atoms with E-state index >= 15 is 0 Å². The maximum atomic E-state index is 12.9. The molecule has 0 aliphatic carbocycles. The number of amides is 1. The second-order valence-electron chi connectivity index (χ2n) is 7.50. The van der Waals surface area contributed by atoms with E-state index in [1.54, 1.807) is 42.4 Å². The summed E-state index contributed by atoms with van der Waals surface area (Å²) < 4.78 is 7.97. The summed E-state index contributed by atoms with van der Waals surface area (Å²) in [6.45, 7) is 3.04. The summed E-state index contributed by atoms with van der Waals surface area (Å²) in [4.78, 5) is 39.2. The Bertz CT molecular complexity index is 1160. The van der Waals surface area contributed by atoms with Crippen molar-refractivity contribution in [2.75, 3.05) is 19.7 Å². The van der Waals surface area contributed by atoms with Crippen molar-refractivity contribution in [3.05, 3.63) is 58.1 Å². The number of nitrogens with zero attached hydrogens (tertiary/aromatic N) is 4. The molecule has 0 radical (unpaired) electrons. The van der Waals surface area contributed by atoms with Crippen LogP contribution in [0.5, 0.6) is 0 Å². The lowest BCUT2D eigenvalue weighted by Crippen LogP contribution is -2.43. The average molecular weight is 443 g/mol. The van der Waals surface area contributed by atoms with Crippen molar-refractivity contribution in [1.82, 2.24) is 19.1 Å². The van der Waals surface area contributed by atoms with Crippen LogP contribution < -0.4 is 5.56 Å². The lowest BCUT2D eigenvalue weighted by atomic mass is 9.97. The third-order valence-electron chi connectivity index (χ3n) is 5.52. The van der Waals surface area contributed by atoms with E-state index in [0.717, 1.165) is 5.56 Å². The summed E-state index contributed by atoms with van der Waals surface area (Å²) in [5, 5.41) is 5.07. The molecule has 2 aromatic heterocycles. The highest BCUT2D eigenvalue weighted by Gasteiger charge is 2.28. The lowest BCUT2D eigenvalue weighted by molar-refractivity contribution is -0.151. The van der Waals surface area contributed by atoms with Gasteiger partial charge in [0.05, 0.1) is 18.2 Å². The van der Waals surface area contributed by atoms with E-state index in [4.69, 9.17) is 16.3 Å². The van der Waals surface area contributed by atoms with Crippen molar-refractivity contribution < 1.29 is 14.3 Å². The summed E-state index contributed by atoms with van der Waals surface area (Å²) in [5.74, 6) is -0.513. The molecule has 0 atom stereocenters. The van der Waals surface area contributed by atoms with E-state index in [0.29, 0.717) is 48.8 Å². The van der Waals surface area contributed by atoms with Gasteiger partial charge in [-0.05, 0) is 38.0 Å². The largest absolute Gasteiger partial charge is 0.466 e. The van der Waals surface area contributed by atoms with Crippen molar-refractivity contribution in [2.45, 2.75) is 26.3 Å². The van der Waals surface area contributed by atoms with E-state index in [-0.39, 0.29) is 29.9 Å². The fourth-order valence-corrected chi connectivity index (χ4v) is 3.91. The van der Waals surface area contributed by atoms with Gasteiger partial charge >= 0.3 is 5.97 Å². The third-order valence-corrected chi connectivity index (χ3v) is 5.77. The predicted molar refractivity (Wildman–Crippen MR) is 116 cm³/mol. The van der Waals surface area contributed by atoms with Crippen molar-refractivity contribution in [3.8, 4) is 11.3 Å². The fraction of sp³-hybridized carbons (Fsp3) is 0.364. The highest BCUT2D eigenvalue weighted by Crippen LogP contribution is 2.21. The Morgan fingerprint density at radius 2 is 1.87 bits per heavy atom. The monoisotopic (exact) mass is 442 g/mol. The smallest absolute Gasteiger partial charge is 0.309 e. The number of aromatic nitrogens is 3. The Morgan fingerprint density at radius 1 is 1.16 bits per heavy atom. The van der Waals surface area contributed by atoms with Crippen LogP contribution in [0.2, 0.25) is 5.02 Å². The summed E-state index contributed by atoms with van der Waals surface area (Å²) in [5.41, 5.74) is 1.60. The molecule has 31 heavy (non-hydrogen) atoms. The van der Waals surface area contributed by atoms with Crippen LogP contribution in [0.4, 0.5) is 0 Å². The Labute approximate surface area is 184 Å². The van der Waals surface area contributed by atoms with Gasteiger partial charge in [0.1, 0.15) is 12.1 Å². The molecule has 162 valence electrons. The highest BCUT2D eigenvalue weighted by molar-refractivity contribution is 6.30. The standard InChI is InChI=1S/C22H23ClN4O4/c1-2-31-22(30)16-7-9-25(10-8-16)20(28)14-26-11-12-27-19(21(26)29)13-18(24-27)15-3-5-17(23)6-4-15/h3-6,11-13,16H,2,7-10,14H2,1H3. The first-order chi connectivity index (χ1) is 15.0. The van der Waals surface area contributed by atoms with Crippen molar-refractivity contribution in [3.63, 3.8) is 0 Å². The van der Waals surface area contributed by atoms with Crippen LogP contribution in [0, 0.1) is 5.92 Å². The second kappa shape index (κ2) is 8.93. The molecule has 0 saturated carbocycles. The molecule has 1 aliphatic heterocycles. The van der Waals surface area contributed by atoms with E-state index in [2.05, 4.69) is 5.10 Å². The number of rotatable bonds is 5. The van der Waals surface area contributed by atoms with Crippen LogP contribution in [0.1, 0.15) is 19.8 Å². The van der Waals surface area contributed by atoms with E-state index in [9.17, 15) is 14.4 Å². The Kier molecular flexibility index (Phi) is 6.08. The van der Waals surface area contributed by atoms with E-state index in [1.165, 1.54) is 9.08 Å². The number of hydrogen-bond donors (Lipinski definition) is 0. The molecule has 0 N–H and O–H groups in total. The number of hydrogen-bond acceptors (Lipinski definition) is 5. The number of likely N-dealkylation sites (tertiary alicyclic amines) is 1. The summed E-state index contributed by atoms with van der Waals surface area (Å²) in [6, 6.07) is 8.92. The molecular weight excluding hydrogens is 420 g/mol. The zero-order valence-electron chi connectivity index (χ0n) is 17.2. The zero-order valence-corrected chi connectivity index (χ0v) is 17.9. The van der Waals surface area contributed by atoms with Crippen LogP contribution in [-0.4, -0.2) is 50.7 Å². The molecule has 8 nitrogen and oxygen atoms in total. The van der Waals surface area contributed by atoms with Crippen LogP contribution >= 0.6 is 11.6 Å². The third kappa shape index (κ3) is 4.49. The Morgan fingerprint density at radius 3 is 2.55 bits per heavy atom. The molecule has 4 rings (SSSR count). The number of halogens is 1. The average Bonchev–Trinajstić information content (AvgIpc) is 3.21. The van der Waals surface area contributed by atoms with Crippen molar-refractivity contribution in [1.29, 1.82) is 0 Å². The molecule has 9 heteroatoms. The van der Waals surface area contributed by atoms with Crippen molar-refractivity contribution >= 4 is 29.0 Å². The lowest BCUT2D eigenvalue weighted by Gasteiger charge is -2.31. The Hall–Kier alpha value is -3.13. The van der Waals surface area contributed by atoms with Crippen LogP contribution in [-0.2, 0) is 20.9 Å². The molecule has 3 aromatic rings. The van der Waals surface area contributed by atoms with Crippen molar-refractivity contribution in [2.24, 2.45) is 5.92 Å². The fourth-order valence-electron chi connectivity index (χ4n) is 3.78. The minimum Gasteiger partial charge on any atom is -0.466 e.